The summed E-state index contributed by atoms with van der Waals surface area (Å²) in [5, 5.41) is 2.80. The Labute approximate surface area is 135 Å². The Kier molecular flexibility index (Phi) is 4.92. The number of nitrogens with zero attached hydrogens (tertiary/aromatic N) is 2. The fourth-order valence-electron chi connectivity index (χ4n) is 2.61. The van der Waals surface area contributed by atoms with Gasteiger partial charge in [-0.05, 0) is 44.2 Å². The second-order valence-electron chi connectivity index (χ2n) is 5.77. The van der Waals surface area contributed by atoms with E-state index in [-0.39, 0.29) is 18.4 Å². The normalized spacial score (nSPS) is 16.2. The van der Waals surface area contributed by atoms with Crippen LogP contribution in [0.1, 0.15) is 18.6 Å². The molecule has 2 aromatic heterocycles. The predicted octanol–water partition coefficient (Wildman–Crippen LogP) is 2.33. The molecule has 6 heteroatoms. The van der Waals surface area contributed by atoms with Crippen molar-refractivity contribution in [2.75, 3.05) is 25.5 Å². The standard InChI is InChI=1S/C17H21N3O3/c1-20-9-6-13(7-10-20)23-15-5-2-8-18-17(15)19-16(21)12-14-4-3-11-22-14/h2-5,8,11,13H,6-7,9-10,12H2,1H3,(H,18,19,21). The van der Waals surface area contributed by atoms with Gasteiger partial charge in [0.05, 0.1) is 12.7 Å². The minimum absolute atomic E-state index is 0.163. The van der Waals surface area contributed by atoms with E-state index in [0.717, 1.165) is 25.9 Å². The summed E-state index contributed by atoms with van der Waals surface area (Å²) in [6.07, 6.45) is 5.49. The first-order chi connectivity index (χ1) is 11.2. The summed E-state index contributed by atoms with van der Waals surface area (Å²) in [7, 11) is 2.11. The number of carbonyl (C=O) groups excluding carboxylic acids is 1. The molecule has 0 saturated carbocycles. The number of likely N-dealkylation sites (tertiary alicyclic amines) is 1. The van der Waals surface area contributed by atoms with Crippen molar-refractivity contribution in [2.45, 2.75) is 25.4 Å². The number of carbonyl (C=O) groups is 1. The molecule has 122 valence electrons. The van der Waals surface area contributed by atoms with Crippen LogP contribution in [0, 0.1) is 0 Å². The van der Waals surface area contributed by atoms with Crippen LogP contribution in [0.25, 0.3) is 0 Å². The number of piperidine rings is 1. The van der Waals surface area contributed by atoms with Crippen LogP contribution in [-0.4, -0.2) is 42.0 Å². The van der Waals surface area contributed by atoms with Crippen molar-refractivity contribution < 1.29 is 13.9 Å². The molecule has 0 aromatic carbocycles. The molecule has 0 bridgehead atoms. The van der Waals surface area contributed by atoms with Crippen LogP contribution in [0.5, 0.6) is 5.75 Å². The summed E-state index contributed by atoms with van der Waals surface area (Å²) in [5.74, 6) is 1.53. The lowest BCUT2D eigenvalue weighted by atomic mass is 10.1. The van der Waals surface area contributed by atoms with Crippen molar-refractivity contribution in [3.8, 4) is 5.75 Å². The highest BCUT2D eigenvalue weighted by Crippen LogP contribution is 2.25. The van der Waals surface area contributed by atoms with E-state index in [1.807, 2.05) is 12.1 Å². The molecule has 0 aliphatic carbocycles. The zero-order valence-electron chi connectivity index (χ0n) is 13.2. The summed E-state index contributed by atoms with van der Waals surface area (Å²) in [5.41, 5.74) is 0. The third-order valence-corrected chi connectivity index (χ3v) is 3.90. The molecular formula is C17H21N3O3. The lowest BCUT2D eigenvalue weighted by molar-refractivity contribution is -0.115. The highest BCUT2D eigenvalue weighted by molar-refractivity contribution is 5.92. The monoisotopic (exact) mass is 315 g/mol. The first kappa shape index (κ1) is 15.6. The van der Waals surface area contributed by atoms with Gasteiger partial charge in [0.2, 0.25) is 5.91 Å². The van der Waals surface area contributed by atoms with Crippen LogP contribution in [0.3, 0.4) is 0 Å². The Balaban J connectivity index is 1.62. The molecule has 6 nitrogen and oxygen atoms in total. The van der Waals surface area contributed by atoms with Gasteiger partial charge in [-0.2, -0.15) is 0 Å². The molecule has 0 unspecified atom stereocenters. The third kappa shape index (κ3) is 4.32. The number of hydrogen-bond donors (Lipinski definition) is 1. The van der Waals surface area contributed by atoms with E-state index < -0.39 is 0 Å². The second-order valence-corrected chi connectivity index (χ2v) is 5.77. The Morgan fingerprint density at radius 2 is 2.22 bits per heavy atom. The molecule has 1 aliphatic rings. The number of nitrogens with one attached hydrogen (secondary N) is 1. The lowest BCUT2D eigenvalue weighted by Crippen LogP contribution is -2.35. The van der Waals surface area contributed by atoms with Crippen molar-refractivity contribution in [2.24, 2.45) is 0 Å². The average Bonchev–Trinajstić information content (AvgIpc) is 3.04. The molecule has 1 fully saturated rings. The van der Waals surface area contributed by atoms with E-state index >= 15 is 0 Å². The maximum atomic E-state index is 12.1. The number of anilines is 1. The van der Waals surface area contributed by atoms with E-state index in [0.29, 0.717) is 17.3 Å². The van der Waals surface area contributed by atoms with Gasteiger partial charge in [-0.1, -0.05) is 0 Å². The topological polar surface area (TPSA) is 67.6 Å². The van der Waals surface area contributed by atoms with Gasteiger partial charge in [0.25, 0.3) is 0 Å². The number of ether oxygens (including phenoxy) is 1. The zero-order valence-corrected chi connectivity index (χ0v) is 13.2. The maximum Gasteiger partial charge on any atom is 0.233 e. The molecule has 1 aliphatic heterocycles. The highest BCUT2D eigenvalue weighted by atomic mass is 16.5. The van der Waals surface area contributed by atoms with Gasteiger partial charge < -0.3 is 19.4 Å². The SMILES string of the molecule is CN1CCC(Oc2cccnc2NC(=O)Cc2ccco2)CC1. The van der Waals surface area contributed by atoms with Crippen LogP contribution in [0.15, 0.2) is 41.1 Å². The molecule has 0 spiro atoms. The first-order valence-electron chi connectivity index (χ1n) is 7.83. The second kappa shape index (κ2) is 7.28. The van der Waals surface area contributed by atoms with Crippen LogP contribution < -0.4 is 10.1 Å². The number of furan rings is 1. The first-order valence-corrected chi connectivity index (χ1v) is 7.83. The quantitative estimate of drug-likeness (QED) is 0.917. The predicted molar refractivity (Wildman–Crippen MR) is 86.4 cm³/mol. The lowest BCUT2D eigenvalue weighted by Gasteiger charge is -2.29. The fraction of sp³-hybridized carbons (Fsp3) is 0.412. The number of hydrogen-bond acceptors (Lipinski definition) is 5. The highest BCUT2D eigenvalue weighted by Gasteiger charge is 2.20. The molecule has 3 heterocycles. The molecule has 23 heavy (non-hydrogen) atoms. The summed E-state index contributed by atoms with van der Waals surface area (Å²) < 4.78 is 11.2. The number of aromatic nitrogens is 1. The van der Waals surface area contributed by atoms with Crippen LogP contribution in [0.4, 0.5) is 5.82 Å². The van der Waals surface area contributed by atoms with Gasteiger partial charge in [0, 0.05) is 19.3 Å². The van der Waals surface area contributed by atoms with Crippen molar-refractivity contribution in [1.82, 2.24) is 9.88 Å². The van der Waals surface area contributed by atoms with Gasteiger partial charge in [-0.25, -0.2) is 4.98 Å². The van der Waals surface area contributed by atoms with E-state index in [1.54, 1.807) is 24.6 Å². The van der Waals surface area contributed by atoms with Gasteiger partial charge in [-0.15, -0.1) is 0 Å². The minimum Gasteiger partial charge on any atom is -0.486 e. The summed E-state index contributed by atoms with van der Waals surface area (Å²) in [6.45, 7) is 2.04. The molecule has 1 N–H and O–H groups in total. The van der Waals surface area contributed by atoms with E-state index in [9.17, 15) is 4.79 Å². The van der Waals surface area contributed by atoms with Crippen molar-refractivity contribution in [1.29, 1.82) is 0 Å². The van der Waals surface area contributed by atoms with Crippen LogP contribution in [0.2, 0.25) is 0 Å². The number of rotatable bonds is 5. The Bertz CT molecular complexity index is 634. The molecule has 1 saturated heterocycles. The fourth-order valence-corrected chi connectivity index (χ4v) is 2.61. The Morgan fingerprint density at radius 3 is 2.96 bits per heavy atom. The largest absolute Gasteiger partial charge is 0.486 e. The summed E-state index contributed by atoms with van der Waals surface area (Å²) in [6, 6.07) is 7.19. The van der Waals surface area contributed by atoms with Crippen LogP contribution in [-0.2, 0) is 11.2 Å². The van der Waals surface area contributed by atoms with Crippen molar-refractivity contribution in [3.05, 3.63) is 42.5 Å². The third-order valence-electron chi connectivity index (χ3n) is 3.90. The zero-order chi connectivity index (χ0) is 16.1. The minimum atomic E-state index is -0.174. The van der Waals surface area contributed by atoms with Crippen LogP contribution >= 0.6 is 0 Å². The van der Waals surface area contributed by atoms with E-state index in [1.165, 1.54) is 0 Å². The van der Waals surface area contributed by atoms with Gasteiger partial charge in [-0.3, -0.25) is 4.79 Å². The average molecular weight is 315 g/mol. The summed E-state index contributed by atoms with van der Waals surface area (Å²) >= 11 is 0. The van der Waals surface area contributed by atoms with Gasteiger partial charge in [0.15, 0.2) is 11.6 Å². The molecule has 0 radical (unpaired) electrons. The van der Waals surface area contributed by atoms with Crippen molar-refractivity contribution in [3.63, 3.8) is 0 Å². The molecular weight excluding hydrogens is 294 g/mol. The molecule has 2 aromatic rings. The molecule has 1 amide bonds. The number of pyridine rings is 1. The number of amides is 1. The Morgan fingerprint density at radius 1 is 1.39 bits per heavy atom. The summed E-state index contributed by atoms with van der Waals surface area (Å²) in [4.78, 5) is 18.6. The van der Waals surface area contributed by atoms with E-state index in [4.69, 9.17) is 9.15 Å². The molecule has 3 rings (SSSR count). The smallest absolute Gasteiger partial charge is 0.233 e. The van der Waals surface area contributed by atoms with Crippen molar-refractivity contribution >= 4 is 11.7 Å². The van der Waals surface area contributed by atoms with E-state index in [2.05, 4.69) is 22.2 Å². The van der Waals surface area contributed by atoms with Gasteiger partial charge in [0.1, 0.15) is 11.9 Å². The Hall–Kier alpha value is -2.34. The molecule has 0 atom stereocenters. The van der Waals surface area contributed by atoms with Gasteiger partial charge >= 0.3 is 0 Å². The maximum absolute atomic E-state index is 12.1.